The smallest absolute Gasteiger partial charge is 0.219 e. The van der Waals surface area contributed by atoms with Crippen LogP contribution in [0.15, 0.2) is 47.1 Å². The van der Waals surface area contributed by atoms with Crippen molar-refractivity contribution in [1.82, 2.24) is 4.98 Å². The Morgan fingerprint density at radius 1 is 1.20 bits per heavy atom. The van der Waals surface area contributed by atoms with Gasteiger partial charge in [-0.25, -0.2) is 4.98 Å². The summed E-state index contributed by atoms with van der Waals surface area (Å²) in [4.78, 5) is 4.09. The van der Waals surface area contributed by atoms with Crippen LogP contribution in [0.5, 0.6) is 11.6 Å². The zero-order chi connectivity index (χ0) is 10.7. The molecule has 2 aromatic rings. The Labute approximate surface area is 101 Å². The van der Waals surface area contributed by atoms with Crippen molar-refractivity contribution in [2.45, 2.75) is 0 Å². The van der Waals surface area contributed by atoms with Crippen molar-refractivity contribution in [3.8, 4) is 11.6 Å². The fourth-order valence-corrected chi connectivity index (χ4v) is 1.49. The number of benzene rings is 1. The predicted octanol–water partition coefficient (Wildman–Crippen LogP) is 4.29. The van der Waals surface area contributed by atoms with Crippen molar-refractivity contribution < 1.29 is 4.74 Å². The molecule has 0 amide bonds. The van der Waals surface area contributed by atoms with E-state index in [0.717, 1.165) is 4.47 Å². The minimum atomic E-state index is 0.542. The summed E-state index contributed by atoms with van der Waals surface area (Å²) in [6.07, 6.45) is 1.68. The van der Waals surface area contributed by atoms with Gasteiger partial charge >= 0.3 is 0 Å². The maximum Gasteiger partial charge on any atom is 0.219 e. The van der Waals surface area contributed by atoms with Crippen LogP contribution < -0.4 is 4.74 Å². The topological polar surface area (TPSA) is 22.1 Å². The fourth-order valence-electron chi connectivity index (χ4n) is 1.07. The molecule has 76 valence electrons. The number of nitrogens with zero attached hydrogens (tertiary/aromatic N) is 1. The van der Waals surface area contributed by atoms with Crippen molar-refractivity contribution in [2.75, 3.05) is 0 Å². The summed E-state index contributed by atoms with van der Waals surface area (Å²) in [5, 5.41) is 0.643. The van der Waals surface area contributed by atoms with Crippen LogP contribution in [0.3, 0.4) is 0 Å². The molecule has 0 atom stereocenters. The maximum absolute atomic E-state index is 5.83. The van der Waals surface area contributed by atoms with E-state index in [9.17, 15) is 0 Å². The molecule has 4 heteroatoms. The van der Waals surface area contributed by atoms with E-state index in [1.807, 2.05) is 18.2 Å². The Bertz CT molecular complexity index is 458. The summed E-state index contributed by atoms with van der Waals surface area (Å²) in [7, 11) is 0. The maximum atomic E-state index is 5.83. The van der Waals surface area contributed by atoms with E-state index >= 15 is 0 Å². The van der Waals surface area contributed by atoms with Gasteiger partial charge in [0.25, 0.3) is 0 Å². The molecule has 15 heavy (non-hydrogen) atoms. The number of halogens is 2. The third-order valence-electron chi connectivity index (χ3n) is 1.72. The SMILES string of the molecule is Clc1cccc(Oc2ccc(Br)cn2)c1. The average molecular weight is 285 g/mol. The third-order valence-corrected chi connectivity index (χ3v) is 2.42. The first-order chi connectivity index (χ1) is 7.24. The Morgan fingerprint density at radius 3 is 2.73 bits per heavy atom. The summed E-state index contributed by atoms with van der Waals surface area (Å²) in [6, 6.07) is 10.8. The second-order valence-electron chi connectivity index (χ2n) is 2.87. The zero-order valence-electron chi connectivity index (χ0n) is 7.65. The minimum absolute atomic E-state index is 0.542. The van der Waals surface area contributed by atoms with Crippen LogP contribution in [0.4, 0.5) is 0 Å². The van der Waals surface area contributed by atoms with Gasteiger partial charge in [0.15, 0.2) is 0 Å². The number of ether oxygens (including phenoxy) is 1. The van der Waals surface area contributed by atoms with E-state index in [1.165, 1.54) is 0 Å². The highest BCUT2D eigenvalue weighted by Crippen LogP contribution is 2.23. The molecule has 0 radical (unpaired) electrons. The minimum Gasteiger partial charge on any atom is -0.439 e. The molecular weight excluding hydrogens is 277 g/mol. The first-order valence-corrected chi connectivity index (χ1v) is 5.46. The molecule has 1 heterocycles. The van der Waals surface area contributed by atoms with Gasteiger partial charge < -0.3 is 4.74 Å². The van der Waals surface area contributed by atoms with Crippen molar-refractivity contribution in [3.63, 3.8) is 0 Å². The first-order valence-electron chi connectivity index (χ1n) is 4.29. The van der Waals surface area contributed by atoms with Crippen LogP contribution in [0, 0.1) is 0 Å². The molecule has 0 saturated heterocycles. The van der Waals surface area contributed by atoms with E-state index in [2.05, 4.69) is 20.9 Å². The van der Waals surface area contributed by atoms with Crippen LogP contribution in [-0.4, -0.2) is 4.98 Å². The van der Waals surface area contributed by atoms with Gasteiger partial charge in [0.2, 0.25) is 5.88 Å². The lowest BCUT2D eigenvalue weighted by atomic mass is 10.3. The lowest BCUT2D eigenvalue weighted by Crippen LogP contribution is -1.86. The van der Waals surface area contributed by atoms with Crippen LogP contribution in [0.25, 0.3) is 0 Å². The van der Waals surface area contributed by atoms with Gasteiger partial charge in [-0.15, -0.1) is 0 Å². The number of hydrogen-bond donors (Lipinski definition) is 0. The van der Waals surface area contributed by atoms with Gasteiger partial charge in [0.05, 0.1) is 0 Å². The first kappa shape index (κ1) is 10.5. The largest absolute Gasteiger partial charge is 0.439 e. The number of rotatable bonds is 2. The lowest BCUT2D eigenvalue weighted by molar-refractivity contribution is 0.463. The highest BCUT2D eigenvalue weighted by atomic mass is 79.9. The standard InChI is InChI=1S/C11H7BrClNO/c12-8-4-5-11(14-7-8)15-10-3-1-2-9(13)6-10/h1-7H. The molecule has 0 aliphatic rings. The molecule has 0 aliphatic carbocycles. The van der Waals surface area contributed by atoms with Gasteiger partial charge in [-0.3, -0.25) is 0 Å². The van der Waals surface area contributed by atoms with Crippen molar-refractivity contribution in [1.29, 1.82) is 0 Å². The van der Waals surface area contributed by atoms with Crippen molar-refractivity contribution in [3.05, 3.63) is 52.1 Å². The summed E-state index contributed by atoms with van der Waals surface area (Å²) >= 11 is 9.13. The molecule has 1 aromatic carbocycles. The van der Waals surface area contributed by atoms with Crippen LogP contribution in [0.2, 0.25) is 5.02 Å². The van der Waals surface area contributed by atoms with Gasteiger partial charge in [-0.1, -0.05) is 17.7 Å². The second-order valence-corrected chi connectivity index (χ2v) is 4.23. The normalized spacial score (nSPS) is 10.0. The van der Waals surface area contributed by atoms with E-state index in [4.69, 9.17) is 16.3 Å². The molecular formula is C11H7BrClNO. The molecule has 0 fully saturated rings. The van der Waals surface area contributed by atoms with Gasteiger partial charge in [0, 0.05) is 21.8 Å². The van der Waals surface area contributed by atoms with Crippen LogP contribution in [-0.2, 0) is 0 Å². The monoisotopic (exact) mass is 283 g/mol. The molecule has 0 spiro atoms. The van der Waals surface area contributed by atoms with Gasteiger partial charge in [-0.05, 0) is 40.2 Å². The Kier molecular flexibility index (Phi) is 3.23. The summed E-state index contributed by atoms with van der Waals surface area (Å²) < 4.78 is 6.42. The quantitative estimate of drug-likeness (QED) is 0.821. The number of pyridine rings is 1. The van der Waals surface area contributed by atoms with Crippen LogP contribution >= 0.6 is 27.5 Å². The Balaban J connectivity index is 2.18. The molecule has 0 aliphatic heterocycles. The summed E-state index contributed by atoms with van der Waals surface area (Å²) in [5.41, 5.74) is 0. The van der Waals surface area contributed by atoms with Gasteiger partial charge in [0.1, 0.15) is 5.75 Å². The molecule has 2 rings (SSSR count). The number of aromatic nitrogens is 1. The molecule has 0 unspecified atom stereocenters. The molecule has 2 nitrogen and oxygen atoms in total. The third kappa shape index (κ3) is 2.94. The fraction of sp³-hybridized carbons (Fsp3) is 0. The number of hydrogen-bond acceptors (Lipinski definition) is 2. The molecule has 0 bridgehead atoms. The molecule has 1 aromatic heterocycles. The predicted molar refractivity (Wildman–Crippen MR) is 63.5 cm³/mol. The zero-order valence-corrected chi connectivity index (χ0v) is 9.99. The highest BCUT2D eigenvalue weighted by Gasteiger charge is 1.98. The summed E-state index contributed by atoms with van der Waals surface area (Å²) in [6.45, 7) is 0. The van der Waals surface area contributed by atoms with Gasteiger partial charge in [-0.2, -0.15) is 0 Å². The average Bonchev–Trinajstić information content (AvgIpc) is 2.22. The van der Waals surface area contributed by atoms with E-state index in [1.54, 1.807) is 24.4 Å². The molecule has 0 saturated carbocycles. The Morgan fingerprint density at radius 2 is 2.07 bits per heavy atom. The van der Waals surface area contributed by atoms with E-state index in [0.29, 0.717) is 16.7 Å². The van der Waals surface area contributed by atoms with E-state index < -0.39 is 0 Å². The van der Waals surface area contributed by atoms with Crippen molar-refractivity contribution in [2.24, 2.45) is 0 Å². The highest BCUT2D eigenvalue weighted by molar-refractivity contribution is 9.10. The van der Waals surface area contributed by atoms with E-state index in [-0.39, 0.29) is 0 Å². The van der Waals surface area contributed by atoms with Crippen molar-refractivity contribution >= 4 is 27.5 Å². The Hall–Kier alpha value is -1.06. The lowest BCUT2D eigenvalue weighted by Gasteiger charge is -2.04. The second kappa shape index (κ2) is 4.64. The van der Waals surface area contributed by atoms with Crippen LogP contribution in [0.1, 0.15) is 0 Å². The molecule has 0 N–H and O–H groups in total. The summed E-state index contributed by atoms with van der Waals surface area (Å²) in [5.74, 6) is 1.22.